The smallest absolute Gasteiger partial charge is 0.200 e. The van der Waals surface area contributed by atoms with Crippen molar-refractivity contribution in [3.05, 3.63) is 185 Å². The molecule has 0 saturated heterocycles. The highest BCUT2D eigenvalue weighted by molar-refractivity contribution is 14.1. The molecule has 0 aliphatic carbocycles. The number of hydrogen-bond acceptors (Lipinski definition) is 2. The molecule has 0 fully saturated rings. The number of halogens is 21. The number of H-pyrrole nitrogens is 2. The molecule has 10 rings (SSSR count). The molecule has 0 amide bonds. The monoisotopic (exact) mass is 1180 g/mol. The summed E-state index contributed by atoms with van der Waals surface area (Å²) < 4.78 is 310. The van der Waals surface area contributed by atoms with E-state index >= 15 is 70.2 Å². The average Bonchev–Trinajstić information content (AvgIpc) is 4.26. The van der Waals surface area contributed by atoms with Crippen molar-refractivity contribution in [3.8, 4) is 55.6 Å². The molecule has 0 radical (unpaired) electrons. The molecular formula is C50H13F20IN4. The number of fused-ring (bicyclic) bond motifs is 8. The van der Waals surface area contributed by atoms with E-state index in [0.717, 1.165) is 6.07 Å². The van der Waals surface area contributed by atoms with Crippen LogP contribution >= 0.6 is 22.6 Å². The molecule has 4 nitrogen and oxygen atoms in total. The molecule has 5 heterocycles. The van der Waals surface area contributed by atoms with Crippen LogP contribution in [0.3, 0.4) is 0 Å². The summed E-state index contributed by atoms with van der Waals surface area (Å²) in [5.74, 6) is -52.8. The van der Waals surface area contributed by atoms with Gasteiger partial charge in [-0.1, -0.05) is 12.1 Å². The first-order chi connectivity index (χ1) is 35.5. The third kappa shape index (κ3) is 7.58. The van der Waals surface area contributed by atoms with Gasteiger partial charge in [0.25, 0.3) is 0 Å². The second-order valence-electron chi connectivity index (χ2n) is 16.0. The summed E-state index contributed by atoms with van der Waals surface area (Å²) >= 11 is 1.80. The van der Waals surface area contributed by atoms with Crippen LogP contribution in [0.4, 0.5) is 87.8 Å². The zero-order chi connectivity index (χ0) is 54.1. The van der Waals surface area contributed by atoms with Gasteiger partial charge in [0.2, 0.25) is 23.3 Å². The number of aromatic amines is 2. The van der Waals surface area contributed by atoms with Gasteiger partial charge in [0, 0.05) is 47.9 Å². The number of aromatic nitrogens is 4. The standard InChI is InChI=1S/C50H13F20IN4/c51-30-26(31(52)39(60)46(67)38(30)59)22-15-5-6-16(72-15)23(27-32(53)40(61)47(68)41(62)33(27)54)18-9-10-20(74-18)25(29-36(57)44(65)49(70)45(66)37(29)58)50-14(12-1-3-13(71)4-2-12)11-21(75-50)24(19-8-7-17(22)73-19)28-34(55)42(63)48(69)43(64)35(28)56/h1-11,72,75H. The fourth-order valence-electron chi connectivity index (χ4n) is 8.49. The molecule has 0 saturated carbocycles. The summed E-state index contributed by atoms with van der Waals surface area (Å²) in [5.41, 5.74) is -21.4. The Morgan fingerprint density at radius 1 is 0.280 bits per heavy atom. The number of hydrogen-bond donors (Lipinski definition) is 2. The molecule has 0 spiro atoms. The van der Waals surface area contributed by atoms with Crippen LogP contribution in [0.1, 0.15) is 22.8 Å². The van der Waals surface area contributed by atoms with Crippen LogP contribution in [0.5, 0.6) is 0 Å². The number of benzene rings is 5. The predicted molar refractivity (Wildman–Crippen MR) is 238 cm³/mol. The molecule has 8 aromatic rings. The first kappa shape index (κ1) is 50.6. The van der Waals surface area contributed by atoms with Crippen LogP contribution in [0.2, 0.25) is 0 Å². The van der Waals surface area contributed by atoms with Gasteiger partial charge in [-0.15, -0.1) is 0 Å². The maximum Gasteiger partial charge on any atom is 0.200 e. The molecular weight excluding hydrogens is 1160 g/mol. The third-order valence-electron chi connectivity index (χ3n) is 11.9. The quantitative estimate of drug-likeness (QED) is 0.0781. The summed E-state index contributed by atoms with van der Waals surface area (Å²) in [7, 11) is 0. The summed E-state index contributed by atoms with van der Waals surface area (Å²) in [6.45, 7) is 0. The van der Waals surface area contributed by atoms with Gasteiger partial charge < -0.3 is 9.97 Å². The van der Waals surface area contributed by atoms with Gasteiger partial charge in [-0.25, -0.2) is 97.8 Å². The lowest BCUT2D eigenvalue weighted by molar-refractivity contribution is 0.381. The van der Waals surface area contributed by atoms with Crippen molar-refractivity contribution in [2.75, 3.05) is 0 Å². The first-order valence-electron chi connectivity index (χ1n) is 20.5. The zero-order valence-corrected chi connectivity index (χ0v) is 37.8. The minimum Gasteiger partial charge on any atom is -0.354 e. The van der Waals surface area contributed by atoms with Crippen LogP contribution in [-0.2, 0) is 0 Å². The Labute approximate surface area is 416 Å². The molecule has 0 unspecified atom stereocenters. The zero-order valence-electron chi connectivity index (χ0n) is 35.7. The number of rotatable bonds is 5. The Bertz CT molecular complexity index is 4030. The normalized spacial score (nSPS) is 12.2. The minimum absolute atomic E-state index is 0.166. The van der Waals surface area contributed by atoms with Crippen molar-refractivity contribution < 1.29 is 87.8 Å². The van der Waals surface area contributed by atoms with E-state index in [1.807, 2.05) is 0 Å². The predicted octanol–water partition coefficient (Wildman–Crippen LogP) is 16.4. The second-order valence-corrected chi connectivity index (χ2v) is 17.2. The van der Waals surface area contributed by atoms with Crippen molar-refractivity contribution in [2.24, 2.45) is 0 Å². The Morgan fingerprint density at radius 2 is 0.547 bits per heavy atom. The van der Waals surface area contributed by atoms with Gasteiger partial charge in [-0.05, 0) is 82.8 Å². The Balaban J connectivity index is 1.56. The Hall–Kier alpha value is -7.97. The second kappa shape index (κ2) is 18.2. The van der Waals surface area contributed by atoms with Crippen LogP contribution in [-0.4, -0.2) is 19.9 Å². The molecule has 25 heteroatoms. The molecule has 2 N–H and O–H groups in total. The molecule has 2 aliphatic heterocycles. The van der Waals surface area contributed by atoms with E-state index in [-0.39, 0.29) is 5.56 Å². The van der Waals surface area contributed by atoms with E-state index in [9.17, 15) is 17.6 Å². The van der Waals surface area contributed by atoms with Gasteiger partial charge in [0.1, 0.15) is 0 Å². The van der Waals surface area contributed by atoms with Gasteiger partial charge in [0.05, 0.1) is 50.5 Å². The van der Waals surface area contributed by atoms with Crippen molar-refractivity contribution in [1.29, 1.82) is 0 Å². The van der Waals surface area contributed by atoms with Crippen molar-refractivity contribution in [3.63, 3.8) is 0 Å². The molecule has 0 atom stereocenters. The maximum atomic E-state index is 16.4. The molecule has 5 aromatic carbocycles. The van der Waals surface area contributed by atoms with E-state index in [4.69, 9.17) is 0 Å². The van der Waals surface area contributed by atoms with E-state index in [1.54, 1.807) is 22.6 Å². The van der Waals surface area contributed by atoms with Gasteiger partial charge in [0.15, 0.2) is 93.1 Å². The average molecular weight is 1180 g/mol. The van der Waals surface area contributed by atoms with E-state index in [2.05, 4.69) is 19.9 Å². The molecule has 380 valence electrons. The Kier molecular flexibility index (Phi) is 12.2. The van der Waals surface area contributed by atoms with Crippen molar-refractivity contribution in [1.82, 2.24) is 19.9 Å². The topological polar surface area (TPSA) is 57.4 Å². The summed E-state index contributed by atoms with van der Waals surface area (Å²) in [6.07, 6.45) is 2.48. The summed E-state index contributed by atoms with van der Waals surface area (Å²) in [5, 5.41) is 0. The van der Waals surface area contributed by atoms with E-state index in [0.29, 0.717) is 40.0 Å². The van der Waals surface area contributed by atoms with E-state index < -0.39 is 211 Å². The lowest BCUT2D eigenvalue weighted by Crippen LogP contribution is -2.06. The minimum atomic E-state index is -2.73. The Morgan fingerprint density at radius 3 is 0.867 bits per heavy atom. The summed E-state index contributed by atoms with van der Waals surface area (Å²) in [6, 6.07) is 7.18. The lowest BCUT2D eigenvalue weighted by atomic mass is 9.97. The van der Waals surface area contributed by atoms with E-state index in [1.165, 1.54) is 24.3 Å². The molecule has 75 heavy (non-hydrogen) atoms. The van der Waals surface area contributed by atoms with Crippen LogP contribution in [0.25, 0.3) is 102 Å². The molecule has 8 bridgehead atoms. The van der Waals surface area contributed by atoms with Gasteiger partial charge in [-0.2, -0.15) is 0 Å². The maximum absolute atomic E-state index is 16.4. The first-order valence-corrected chi connectivity index (χ1v) is 21.6. The van der Waals surface area contributed by atoms with Crippen molar-refractivity contribution >= 4 is 69.0 Å². The van der Waals surface area contributed by atoms with Crippen LogP contribution in [0, 0.1) is 120 Å². The lowest BCUT2D eigenvalue weighted by Gasteiger charge is -2.12. The number of nitrogens with one attached hydrogen (secondary N) is 2. The molecule has 3 aromatic heterocycles. The van der Waals surface area contributed by atoms with Crippen molar-refractivity contribution in [2.45, 2.75) is 0 Å². The highest BCUT2D eigenvalue weighted by atomic mass is 127. The summed E-state index contributed by atoms with van der Waals surface area (Å²) in [4.78, 5) is 12.8. The van der Waals surface area contributed by atoms with Crippen LogP contribution < -0.4 is 0 Å². The van der Waals surface area contributed by atoms with Crippen LogP contribution in [0.15, 0.2) is 42.5 Å². The number of nitrogens with zero attached hydrogens (tertiary/aromatic N) is 2. The fraction of sp³-hybridized carbons (Fsp3) is 0. The van der Waals surface area contributed by atoms with Gasteiger partial charge >= 0.3 is 0 Å². The highest BCUT2D eigenvalue weighted by Gasteiger charge is 2.36. The largest absolute Gasteiger partial charge is 0.354 e. The van der Waals surface area contributed by atoms with Gasteiger partial charge in [-0.3, -0.25) is 0 Å². The fourth-order valence-corrected chi connectivity index (χ4v) is 8.85. The third-order valence-corrected chi connectivity index (χ3v) is 12.6. The SMILES string of the molecule is Fc1c(F)c(F)c(-c2c3nc(c(-c4c(F)c(F)c(F)c(F)c4F)c4cc(-c5ccc(I)cc5)c([nH]4)c(-c4c(F)c(F)c(F)c(F)c4F)c4nc(c(-c5c(F)c(F)c(F)c(F)c5F)c5ccc2[nH]5)C=C4)C=C3)c(F)c1F. The highest BCUT2D eigenvalue weighted by Crippen LogP contribution is 2.46. The molecule has 2 aliphatic rings.